The quantitative estimate of drug-likeness (QED) is 0.373. The molecule has 1 atom stereocenters. The van der Waals surface area contributed by atoms with Gasteiger partial charge in [0.15, 0.2) is 5.96 Å². The van der Waals surface area contributed by atoms with Crippen LogP contribution >= 0.6 is 24.0 Å². The van der Waals surface area contributed by atoms with Crippen molar-refractivity contribution in [1.82, 2.24) is 10.6 Å². The summed E-state index contributed by atoms with van der Waals surface area (Å²) in [6.07, 6.45) is 1.06. The first-order chi connectivity index (χ1) is 11.7. The third kappa shape index (κ3) is 7.34. The van der Waals surface area contributed by atoms with Gasteiger partial charge in [0, 0.05) is 19.6 Å². The van der Waals surface area contributed by atoms with E-state index in [2.05, 4.69) is 41.6 Å². The number of halogens is 1. The monoisotopic (exact) mass is 453 g/mol. The predicted octanol–water partition coefficient (Wildman–Crippen LogP) is 4.35. The zero-order chi connectivity index (χ0) is 17.2. The first kappa shape index (κ1) is 21.3. The molecular formula is C20H28IN3O. The Bertz CT molecular complexity index is 646. The van der Waals surface area contributed by atoms with E-state index in [0.29, 0.717) is 19.2 Å². The van der Waals surface area contributed by atoms with E-state index in [0.717, 1.165) is 18.1 Å². The van der Waals surface area contributed by atoms with E-state index >= 15 is 0 Å². The zero-order valence-corrected chi connectivity index (χ0v) is 17.5. The van der Waals surface area contributed by atoms with Gasteiger partial charge >= 0.3 is 0 Å². The molecule has 0 heterocycles. The molecule has 5 heteroatoms. The highest BCUT2D eigenvalue weighted by atomic mass is 127. The number of nitrogens with zero attached hydrogens (tertiary/aromatic N) is 1. The maximum atomic E-state index is 5.87. The van der Waals surface area contributed by atoms with Gasteiger partial charge in [-0.2, -0.15) is 0 Å². The highest BCUT2D eigenvalue weighted by molar-refractivity contribution is 14.0. The fourth-order valence-corrected chi connectivity index (χ4v) is 2.26. The van der Waals surface area contributed by atoms with Crippen LogP contribution in [-0.2, 0) is 13.2 Å². The number of hydrogen-bond acceptors (Lipinski definition) is 2. The molecule has 2 aromatic carbocycles. The molecule has 0 aliphatic carbocycles. The van der Waals surface area contributed by atoms with Gasteiger partial charge in [-0.3, -0.25) is 4.99 Å². The van der Waals surface area contributed by atoms with Gasteiger partial charge in [-0.15, -0.1) is 24.0 Å². The number of aliphatic imine (C=N–C) groups is 1. The number of rotatable bonds is 7. The molecule has 25 heavy (non-hydrogen) atoms. The molecule has 0 saturated carbocycles. The molecule has 0 spiro atoms. The zero-order valence-electron chi connectivity index (χ0n) is 15.2. The maximum absolute atomic E-state index is 5.87. The van der Waals surface area contributed by atoms with Gasteiger partial charge in [-0.25, -0.2) is 0 Å². The Balaban J connectivity index is 0.00000312. The maximum Gasteiger partial charge on any atom is 0.191 e. The van der Waals surface area contributed by atoms with E-state index in [9.17, 15) is 0 Å². The van der Waals surface area contributed by atoms with Crippen molar-refractivity contribution >= 4 is 29.9 Å². The lowest BCUT2D eigenvalue weighted by Crippen LogP contribution is -2.41. The first-order valence-corrected chi connectivity index (χ1v) is 8.44. The molecule has 2 aromatic rings. The predicted molar refractivity (Wildman–Crippen MR) is 116 cm³/mol. The van der Waals surface area contributed by atoms with Crippen molar-refractivity contribution in [3.8, 4) is 5.75 Å². The largest absolute Gasteiger partial charge is 0.489 e. The molecule has 0 amide bonds. The molecular weight excluding hydrogens is 425 g/mol. The van der Waals surface area contributed by atoms with E-state index in [4.69, 9.17) is 4.74 Å². The normalized spacial score (nSPS) is 12.0. The van der Waals surface area contributed by atoms with Gasteiger partial charge in [-0.05, 0) is 36.6 Å². The lowest BCUT2D eigenvalue weighted by atomic mass is 10.1. The van der Waals surface area contributed by atoms with E-state index in [1.807, 2.05) is 42.5 Å². The number of benzene rings is 2. The Morgan fingerprint density at radius 1 is 1.04 bits per heavy atom. The Hall–Kier alpha value is -1.76. The highest BCUT2D eigenvalue weighted by Gasteiger charge is 2.06. The van der Waals surface area contributed by atoms with Gasteiger partial charge < -0.3 is 15.4 Å². The average molecular weight is 453 g/mol. The number of para-hydroxylation sites is 1. The lowest BCUT2D eigenvalue weighted by Gasteiger charge is -2.17. The van der Waals surface area contributed by atoms with Crippen molar-refractivity contribution in [2.45, 2.75) is 39.5 Å². The van der Waals surface area contributed by atoms with Crippen molar-refractivity contribution in [2.75, 3.05) is 7.05 Å². The Morgan fingerprint density at radius 2 is 1.68 bits per heavy atom. The van der Waals surface area contributed by atoms with Crippen LogP contribution in [0.4, 0.5) is 0 Å². The molecule has 4 nitrogen and oxygen atoms in total. The molecule has 0 fully saturated rings. The Kier molecular flexibility index (Phi) is 9.99. The van der Waals surface area contributed by atoms with Crippen LogP contribution in [0.5, 0.6) is 5.75 Å². The van der Waals surface area contributed by atoms with Crippen molar-refractivity contribution in [2.24, 2.45) is 4.99 Å². The first-order valence-electron chi connectivity index (χ1n) is 8.44. The molecule has 0 bridgehead atoms. The van der Waals surface area contributed by atoms with Crippen molar-refractivity contribution in [3.05, 3.63) is 65.7 Å². The number of guanidine groups is 1. The smallest absolute Gasteiger partial charge is 0.191 e. The number of nitrogens with one attached hydrogen (secondary N) is 2. The summed E-state index contributed by atoms with van der Waals surface area (Å²) in [5, 5.41) is 6.74. The summed E-state index contributed by atoms with van der Waals surface area (Å²) in [5.74, 6) is 1.71. The van der Waals surface area contributed by atoms with Crippen LogP contribution in [-0.4, -0.2) is 19.0 Å². The van der Waals surface area contributed by atoms with Crippen LogP contribution < -0.4 is 15.4 Å². The van der Waals surface area contributed by atoms with Gasteiger partial charge in [-0.1, -0.05) is 49.4 Å². The van der Waals surface area contributed by atoms with Crippen LogP contribution in [0.2, 0.25) is 0 Å². The second-order valence-electron chi connectivity index (χ2n) is 5.75. The highest BCUT2D eigenvalue weighted by Crippen LogP contribution is 2.14. The topological polar surface area (TPSA) is 45.7 Å². The Labute approximate surface area is 168 Å². The summed E-state index contributed by atoms with van der Waals surface area (Å²) in [6, 6.07) is 18.6. The van der Waals surface area contributed by atoms with Gasteiger partial charge in [0.1, 0.15) is 12.4 Å². The summed E-state index contributed by atoms with van der Waals surface area (Å²) < 4.78 is 5.87. The number of ether oxygens (including phenoxy) is 1. The SMILES string of the molecule is CCC(C)NC(=NC)NCc1ccccc1COc1ccccc1.I. The van der Waals surface area contributed by atoms with E-state index in [1.54, 1.807) is 7.05 Å². The minimum absolute atomic E-state index is 0. The second-order valence-corrected chi connectivity index (χ2v) is 5.75. The molecule has 0 aliphatic heterocycles. The van der Waals surface area contributed by atoms with Crippen molar-refractivity contribution < 1.29 is 4.74 Å². The Morgan fingerprint density at radius 3 is 2.32 bits per heavy atom. The summed E-state index contributed by atoms with van der Waals surface area (Å²) in [5.41, 5.74) is 2.38. The summed E-state index contributed by atoms with van der Waals surface area (Å²) in [4.78, 5) is 4.28. The molecule has 0 aromatic heterocycles. The van der Waals surface area contributed by atoms with Crippen LogP contribution in [0.25, 0.3) is 0 Å². The minimum Gasteiger partial charge on any atom is -0.489 e. The second kappa shape index (κ2) is 11.7. The van der Waals surface area contributed by atoms with Crippen LogP contribution in [0, 0.1) is 0 Å². The van der Waals surface area contributed by atoms with Crippen molar-refractivity contribution in [3.63, 3.8) is 0 Å². The minimum atomic E-state index is 0. The molecule has 136 valence electrons. The molecule has 0 aliphatic rings. The molecule has 0 saturated heterocycles. The van der Waals surface area contributed by atoms with Crippen LogP contribution in [0.3, 0.4) is 0 Å². The van der Waals surface area contributed by atoms with Gasteiger partial charge in [0.2, 0.25) is 0 Å². The fourth-order valence-electron chi connectivity index (χ4n) is 2.26. The summed E-state index contributed by atoms with van der Waals surface area (Å²) >= 11 is 0. The van der Waals surface area contributed by atoms with Crippen LogP contribution in [0.15, 0.2) is 59.6 Å². The van der Waals surface area contributed by atoms with Crippen molar-refractivity contribution in [1.29, 1.82) is 0 Å². The summed E-state index contributed by atoms with van der Waals surface area (Å²) in [6.45, 7) is 5.57. The average Bonchev–Trinajstić information content (AvgIpc) is 2.64. The number of hydrogen-bond donors (Lipinski definition) is 2. The third-order valence-electron chi connectivity index (χ3n) is 3.92. The van der Waals surface area contributed by atoms with E-state index in [-0.39, 0.29) is 24.0 Å². The molecule has 1 unspecified atom stereocenters. The van der Waals surface area contributed by atoms with Crippen LogP contribution in [0.1, 0.15) is 31.4 Å². The van der Waals surface area contributed by atoms with E-state index < -0.39 is 0 Å². The van der Waals surface area contributed by atoms with Gasteiger partial charge in [0.25, 0.3) is 0 Å². The van der Waals surface area contributed by atoms with E-state index in [1.165, 1.54) is 11.1 Å². The molecule has 2 rings (SSSR count). The fraction of sp³-hybridized carbons (Fsp3) is 0.350. The standard InChI is InChI=1S/C20H27N3O.HI/c1-4-16(2)23-20(21-3)22-14-17-10-8-9-11-18(17)15-24-19-12-6-5-7-13-19;/h5-13,16H,4,14-15H2,1-3H3,(H2,21,22,23);1H. The molecule has 0 radical (unpaired) electrons. The third-order valence-corrected chi connectivity index (χ3v) is 3.92. The lowest BCUT2D eigenvalue weighted by molar-refractivity contribution is 0.305. The summed E-state index contributed by atoms with van der Waals surface area (Å²) in [7, 11) is 1.79. The molecule has 2 N–H and O–H groups in total. The van der Waals surface area contributed by atoms with Gasteiger partial charge in [0.05, 0.1) is 0 Å².